The molecule has 2 aromatic carbocycles. The van der Waals surface area contributed by atoms with Crippen molar-refractivity contribution in [3.05, 3.63) is 59.7 Å². The average Bonchev–Trinajstić information content (AvgIpc) is 3.55. The Labute approximate surface area is 214 Å². The lowest BCUT2D eigenvalue weighted by Crippen LogP contribution is -2.17. The number of hydrogen-bond acceptors (Lipinski definition) is 6. The molecule has 2 fully saturated rings. The molecule has 0 unspecified atom stereocenters. The quantitative estimate of drug-likeness (QED) is 0.230. The summed E-state index contributed by atoms with van der Waals surface area (Å²) in [6.45, 7) is 1.64. The Hall–Kier alpha value is -3.23. The lowest BCUT2D eigenvalue weighted by Gasteiger charge is -2.18. The molecule has 2 saturated carbocycles. The van der Waals surface area contributed by atoms with Gasteiger partial charge in [-0.2, -0.15) is 0 Å². The second-order valence-corrected chi connectivity index (χ2v) is 9.77. The third-order valence-electron chi connectivity index (χ3n) is 6.43. The molecule has 7 nitrogen and oxygen atoms in total. The summed E-state index contributed by atoms with van der Waals surface area (Å²) in [6, 6.07) is 8.00. The van der Waals surface area contributed by atoms with Crippen LogP contribution in [0, 0.1) is 11.7 Å². The second kappa shape index (κ2) is 11.2. The molecule has 3 aromatic rings. The highest BCUT2D eigenvalue weighted by Gasteiger charge is 2.21. The average molecular weight is 510 g/mol. The van der Waals surface area contributed by atoms with E-state index in [9.17, 15) is 9.18 Å². The smallest absolute Gasteiger partial charge is 0.248 e. The molecule has 5 rings (SSSR count). The van der Waals surface area contributed by atoms with Crippen LogP contribution in [-0.4, -0.2) is 35.1 Å². The van der Waals surface area contributed by atoms with E-state index in [4.69, 9.17) is 16.3 Å². The Bertz CT molecular complexity index is 1270. The molecule has 1 amide bonds. The summed E-state index contributed by atoms with van der Waals surface area (Å²) in [5, 5.41) is 10.2. The van der Waals surface area contributed by atoms with Gasteiger partial charge in [0.2, 0.25) is 5.91 Å². The summed E-state index contributed by atoms with van der Waals surface area (Å²) in [7, 11) is 0. The number of rotatable bonds is 10. The van der Waals surface area contributed by atoms with Crippen molar-refractivity contribution < 1.29 is 13.9 Å². The molecule has 0 atom stereocenters. The van der Waals surface area contributed by atoms with Gasteiger partial charge in [0.15, 0.2) is 0 Å². The molecule has 36 heavy (non-hydrogen) atoms. The molecule has 2 aliphatic rings. The number of carbonyl (C=O) groups excluding carboxylic acids is 1. The first-order valence-corrected chi connectivity index (χ1v) is 12.8. The zero-order valence-electron chi connectivity index (χ0n) is 19.9. The zero-order chi connectivity index (χ0) is 24.9. The molecule has 9 heteroatoms. The number of halogens is 2. The summed E-state index contributed by atoms with van der Waals surface area (Å²) >= 11 is 5.94. The minimum atomic E-state index is -0.496. The van der Waals surface area contributed by atoms with Crippen molar-refractivity contribution in [1.82, 2.24) is 15.3 Å². The predicted octanol–water partition coefficient (Wildman–Crippen LogP) is 5.98. The van der Waals surface area contributed by atoms with Gasteiger partial charge in [0, 0.05) is 29.8 Å². The molecule has 3 N–H and O–H groups in total. The van der Waals surface area contributed by atoms with Crippen LogP contribution in [0.5, 0.6) is 5.75 Å². The predicted molar refractivity (Wildman–Crippen MR) is 140 cm³/mol. The fourth-order valence-electron chi connectivity index (χ4n) is 4.31. The second-order valence-electron chi connectivity index (χ2n) is 9.36. The zero-order valence-corrected chi connectivity index (χ0v) is 20.7. The third-order valence-corrected chi connectivity index (χ3v) is 6.72. The van der Waals surface area contributed by atoms with Gasteiger partial charge < -0.3 is 20.7 Å². The number of anilines is 3. The first kappa shape index (κ1) is 24.5. The molecule has 0 aliphatic heterocycles. The largest absolute Gasteiger partial charge is 0.488 e. The van der Waals surface area contributed by atoms with Gasteiger partial charge in [0.1, 0.15) is 23.7 Å². The first-order valence-electron chi connectivity index (χ1n) is 12.4. The van der Waals surface area contributed by atoms with Crippen molar-refractivity contribution in [2.75, 3.05) is 23.7 Å². The molecule has 0 radical (unpaired) electrons. The number of aromatic nitrogens is 2. The van der Waals surface area contributed by atoms with Crippen LogP contribution in [0.25, 0.3) is 10.9 Å². The molecule has 0 spiro atoms. The Morgan fingerprint density at radius 3 is 2.75 bits per heavy atom. The van der Waals surface area contributed by atoms with Gasteiger partial charge >= 0.3 is 0 Å². The molecule has 188 valence electrons. The van der Waals surface area contributed by atoms with E-state index in [1.807, 2.05) is 18.2 Å². The maximum atomic E-state index is 13.6. The Balaban J connectivity index is 1.39. The molecule has 2 aliphatic carbocycles. The van der Waals surface area contributed by atoms with E-state index >= 15 is 0 Å². The van der Waals surface area contributed by atoms with Crippen LogP contribution < -0.4 is 20.7 Å². The van der Waals surface area contributed by atoms with Gasteiger partial charge in [-0.05, 0) is 75.3 Å². The molecular weight excluding hydrogens is 481 g/mol. The topological polar surface area (TPSA) is 88.2 Å². The van der Waals surface area contributed by atoms with E-state index in [2.05, 4.69) is 25.9 Å². The van der Waals surface area contributed by atoms with Gasteiger partial charge in [-0.1, -0.05) is 17.7 Å². The van der Waals surface area contributed by atoms with E-state index in [1.54, 1.807) is 6.07 Å². The fraction of sp³-hybridized carbons (Fsp3) is 0.370. The van der Waals surface area contributed by atoms with Gasteiger partial charge in [-0.25, -0.2) is 14.4 Å². The monoisotopic (exact) mass is 509 g/mol. The van der Waals surface area contributed by atoms with Crippen molar-refractivity contribution in [2.45, 2.75) is 44.6 Å². The fourth-order valence-corrected chi connectivity index (χ4v) is 4.49. The van der Waals surface area contributed by atoms with Gasteiger partial charge in [-0.15, -0.1) is 0 Å². The van der Waals surface area contributed by atoms with Crippen molar-refractivity contribution in [3.63, 3.8) is 0 Å². The van der Waals surface area contributed by atoms with Crippen LogP contribution in [0.3, 0.4) is 0 Å². The van der Waals surface area contributed by atoms with Crippen LogP contribution in [0.2, 0.25) is 5.02 Å². The number of nitrogens with zero attached hydrogens (tertiary/aromatic N) is 2. The van der Waals surface area contributed by atoms with E-state index in [0.717, 1.165) is 38.1 Å². The third kappa shape index (κ3) is 6.30. The summed E-state index contributed by atoms with van der Waals surface area (Å²) in [5.74, 6) is 1.14. The normalized spacial score (nSPS) is 16.1. The number of hydrogen-bond donors (Lipinski definition) is 3. The summed E-state index contributed by atoms with van der Waals surface area (Å²) in [6.07, 6.45) is 11.7. The number of benzene rings is 2. The Morgan fingerprint density at radius 2 is 1.97 bits per heavy atom. The van der Waals surface area contributed by atoms with E-state index < -0.39 is 5.82 Å². The van der Waals surface area contributed by atoms with Crippen LogP contribution in [0.1, 0.15) is 38.5 Å². The number of carbonyl (C=O) groups is 1. The SMILES string of the molecule is O=C(C=CCNCC1CC1)Nc1cc2c(Nc3ccc(F)c(Cl)c3)ncnc2cc1OC1CCCC1. The lowest BCUT2D eigenvalue weighted by atomic mass is 10.1. The van der Waals surface area contributed by atoms with Crippen LogP contribution >= 0.6 is 11.6 Å². The standard InChI is InChI=1S/C27H29ClFN5O2/c28-21-12-18(9-10-22(21)29)33-27-20-13-24(34-26(35)6-3-11-30-15-17-7-8-17)25(14-23(20)31-16-32-27)36-19-4-1-2-5-19/h3,6,9-10,12-14,16-17,19,30H,1-2,4-5,7-8,11,15H2,(H,34,35)(H,31,32,33). The maximum absolute atomic E-state index is 13.6. The lowest BCUT2D eigenvalue weighted by molar-refractivity contribution is -0.111. The number of ether oxygens (including phenoxy) is 1. The van der Waals surface area contributed by atoms with Crippen molar-refractivity contribution >= 4 is 45.6 Å². The Kier molecular flexibility index (Phi) is 7.63. The van der Waals surface area contributed by atoms with Crippen molar-refractivity contribution in [2.24, 2.45) is 5.92 Å². The van der Waals surface area contributed by atoms with Crippen molar-refractivity contribution in [1.29, 1.82) is 0 Å². The van der Waals surface area contributed by atoms with Crippen LogP contribution in [-0.2, 0) is 4.79 Å². The molecule has 1 aromatic heterocycles. The number of fused-ring (bicyclic) bond motifs is 1. The minimum Gasteiger partial charge on any atom is -0.488 e. The molecular formula is C27H29ClFN5O2. The Morgan fingerprint density at radius 1 is 1.14 bits per heavy atom. The van der Waals surface area contributed by atoms with Crippen LogP contribution in [0.15, 0.2) is 48.8 Å². The first-order chi connectivity index (χ1) is 17.5. The van der Waals surface area contributed by atoms with Gasteiger partial charge in [0.05, 0.1) is 22.3 Å². The van der Waals surface area contributed by atoms with Crippen LogP contribution in [0.4, 0.5) is 21.6 Å². The van der Waals surface area contributed by atoms with Gasteiger partial charge in [-0.3, -0.25) is 4.79 Å². The van der Waals surface area contributed by atoms with E-state index in [0.29, 0.717) is 40.4 Å². The van der Waals surface area contributed by atoms with Gasteiger partial charge in [0.25, 0.3) is 0 Å². The minimum absolute atomic E-state index is 0.0111. The van der Waals surface area contributed by atoms with E-state index in [1.165, 1.54) is 37.4 Å². The highest BCUT2D eigenvalue weighted by Crippen LogP contribution is 2.36. The summed E-state index contributed by atoms with van der Waals surface area (Å²) in [4.78, 5) is 21.5. The van der Waals surface area contributed by atoms with Crippen molar-refractivity contribution in [3.8, 4) is 5.75 Å². The maximum Gasteiger partial charge on any atom is 0.248 e. The van der Waals surface area contributed by atoms with E-state index in [-0.39, 0.29) is 17.0 Å². The summed E-state index contributed by atoms with van der Waals surface area (Å²) in [5.41, 5.74) is 1.79. The number of amides is 1. The summed E-state index contributed by atoms with van der Waals surface area (Å²) < 4.78 is 19.9. The molecule has 1 heterocycles. The molecule has 0 bridgehead atoms. The molecule has 0 saturated heterocycles. The highest BCUT2D eigenvalue weighted by molar-refractivity contribution is 6.31. The highest BCUT2D eigenvalue weighted by atomic mass is 35.5. The number of nitrogens with one attached hydrogen (secondary N) is 3.